The Kier molecular flexibility index (Phi) is 5.12. The van der Waals surface area contributed by atoms with Gasteiger partial charge in [0.2, 0.25) is 5.91 Å². The summed E-state index contributed by atoms with van der Waals surface area (Å²) < 4.78 is 4.74. The molecular weight excluding hydrogens is 256 g/mol. The summed E-state index contributed by atoms with van der Waals surface area (Å²) in [5, 5.41) is 6.12. The Morgan fingerprint density at radius 2 is 2.05 bits per heavy atom. The fourth-order valence-corrected chi connectivity index (χ4v) is 1.94. The summed E-state index contributed by atoms with van der Waals surface area (Å²) in [5.74, 6) is -0.255. The number of carbonyl (C=O) groups excluding carboxylic acids is 2. The van der Waals surface area contributed by atoms with E-state index in [9.17, 15) is 9.59 Å². The van der Waals surface area contributed by atoms with Gasteiger partial charge in [-0.2, -0.15) is 0 Å². The SMILES string of the molecule is COC(=O)c1ccccc1CNCCC(=O)NC1CC1. The van der Waals surface area contributed by atoms with Crippen molar-refractivity contribution in [3.63, 3.8) is 0 Å². The first-order valence-electron chi connectivity index (χ1n) is 6.87. The van der Waals surface area contributed by atoms with Crippen molar-refractivity contribution < 1.29 is 14.3 Å². The summed E-state index contributed by atoms with van der Waals surface area (Å²) >= 11 is 0. The van der Waals surface area contributed by atoms with Gasteiger partial charge in [-0.05, 0) is 24.5 Å². The van der Waals surface area contributed by atoms with Crippen molar-refractivity contribution in [3.05, 3.63) is 35.4 Å². The van der Waals surface area contributed by atoms with Crippen LogP contribution in [0.3, 0.4) is 0 Å². The number of amides is 1. The highest BCUT2D eigenvalue weighted by molar-refractivity contribution is 5.90. The Balaban J connectivity index is 1.75. The van der Waals surface area contributed by atoms with Gasteiger partial charge in [0.1, 0.15) is 0 Å². The topological polar surface area (TPSA) is 67.4 Å². The quantitative estimate of drug-likeness (QED) is 0.580. The second kappa shape index (κ2) is 7.05. The van der Waals surface area contributed by atoms with Crippen LogP contribution >= 0.6 is 0 Å². The third-order valence-corrected chi connectivity index (χ3v) is 3.21. The maximum absolute atomic E-state index is 11.6. The number of benzene rings is 1. The molecule has 0 atom stereocenters. The molecule has 2 rings (SSSR count). The van der Waals surface area contributed by atoms with Crippen LogP contribution in [0.5, 0.6) is 0 Å². The minimum atomic E-state index is -0.339. The van der Waals surface area contributed by atoms with Gasteiger partial charge in [-0.15, -0.1) is 0 Å². The average Bonchev–Trinajstić information content (AvgIpc) is 3.27. The van der Waals surface area contributed by atoms with Gasteiger partial charge in [0, 0.05) is 25.6 Å². The number of rotatable bonds is 7. The van der Waals surface area contributed by atoms with Crippen molar-refractivity contribution >= 4 is 11.9 Å². The van der Waals surface area contributed by atoms with Crippen molar-refractivity contribution in [2.75, 3.05) is 13.7 Å². The summed E-state index contributed by atoms with van der Waals surface area (Å²) in [4.78, 5) is 23.1. The molecule has 5 heteroatoms. The number of methoxy groups -OCH3 is 1. The predicted octanol–water partition coefficient (Wildman–Crippen LogP) is 1.23. The summed E-state index contributed by atoms with van der Waals surface area (Å²) in [6.45, 7) is 1.13. The Bertz CT molecular complexity index is 484. The minimum Gasteiger partial charge on any atom is -0.465 e. The van der Waals surface area contributed by atoms with Crippen molar-refractivity contribution in [2.24, 2.45) is 0 Å². The fourth-order valence-electron chi connectivity index (χ4n) is 1.94. The second-order valence-electron chi connectivity index (χ2n) is 4.92. The van der Waals surface area contributed by atoms with Crippen LogP contribution in [0.4, 0.5) is 0 Å². The molecule has 5 nitrogen and oxygen atoms in total. The zero-order chi connectivity index (χ0) is 14.4. The van der Waals surface area contributed by atoms with Gasteiger partial charge in [-0.3, -0.25) is 4.79 Å². The minimum absolute atomic E-state index is 0.0845. The van der Waals surface area contributed by atoms with E-state index in [1.807, 2.05) is 12.1 Å². The number of nitrogens with one attached hydrogen (secondary N) is 2. The molecule has 1 aromatic carbocycles. The van der Waals surface area contributed by atoms with Crippen LogP contribution in [0.2, 0.25) is 0 Å². The molecule has 1 aliphatic rings. The molecule has 1 saturated carbocycles. The molecule has 1 aliphatic carbocycles. The summed E-state index contributed by atoms with van der Waals surface area (Å²) in [5.41, 5.74) is 1.44. The summed E-state index contributed by atoms with van der Waals surface area (Å²) in [6.07, 6.45) is 2.66. The van der Waals surface area contributed by atoms with E-state index < -0.39 is 0 Å². The van der Waals surface area contributed by atoms with Gasteiger partial charge < -0.3 is 15.4 Å². The molecular formula is C15H20N2O3. The Labute approximate surface area is 118 Å². The summed E-state index contributed by atoms with van der Waals surface area (Å²) in [7, 11) is 1.37. The van der Waals surface area contributed by atoms with Gasteiger partial charge in [0.05, 0.1) is 12.7 Å². The summed E-state index contributed by atoms with van der Waals surface area (Å²) in [6, 6.07) is 7.71. The van der Waals surface area contributed by atoms with E-state index in [1.54, 1.807) is 12.1 Å². The molecule has 0 unspecified atom stereocenters. The van der Waals surface area contributed by atoms with Crippen LogP contribution in [-0.4, -0.2) is 31.6 Å². The average molecular weight is 276 g/mol. The van der Waals surface area contributed by atoms with E-state index >= 15 is 0 Å². The third kappa shape index (κ3) is 4.35. The van der Waals surface area contributed by atoms with Gasteiger partial charge in [-0.25, -0.2) is 4.79 Å². The number of hydrogen-bond acceptors (Lipinski definition) is 4. The van der Waals surface area contributed by atoms with Crippen LogP contribution in [0.1, 0.15) is 35.2 Å². The zero-order valence-corrected chi connectivity index (χ0v) is 11.6. The molecule has 20 heavy (non-hydrogen) atoms. The zero-order valence-electron chi connectivity index (χ0n) is 11.6. The molecule has 0 heterocycles. The third-order valence-electron chi connectivity index (χ3n) is 3.21. The van der Waals surface area contributed by atoms with Crippen molar-refractivity contribution in [2.45, 2.75) is 31.8 Å². The molecule has 0 aliphatic heterocycles. The first-order valence-corrected chi connectivity index (χ1v) is 6.87. The lowest BCUT2D eigenvalue weighted by molar-refractivity contribution is -0.121. The largest absolute Gasteiger partial charge is 0.465 e. The maximum atomic E-state index is 11.6. The van der Waals surface area contributed by atoms with Crippen molar-refractivity contribution in [3.8, 4) is 0 Å². The lowest BCUT2D eigenvalue weighted by Crippen LogP contribution is -2.29. The van der Waals surface area contributed by atoms with Gasteiger partial charge in [-0.1, -0.05) is 18.2 Å². The first kappa shape index (κ1) is 14.5. The molecule has 0 saturated heterocycles. The van der Waals surface area contributed by atoms with Crippen molar-refractivity contribution in [1.82, 2.24) is 10.6 Å². The van der Waals surface area contributed by atoms with Crippen LogP contribution in [0.25, 0.3) is 0 Å². The van der Waals surface area contributed by atoms with Gasteiger partial charge >= 0.3 is 5.97 Å². The fraction of sp³-hybridized carbons (Fsp3) is 0.467. The van der Waals surface area contributed by atoms with E-state index in [4.69, 9.17) is 4.74 Å². The second-order valence-corrected chi connectivity index (χ2v) is 4.92. The number of ether oxygens (including phenoxy) is 1. The highest BCUT2D eigenvalue weighted by Gasteiger charge is 2.22. The molecule has 108 valence electrons. The van der Waals surface area contributed by atoms with E-state index in [2.05, 4.69) is 10.6 Å². The van der Waals surface area contributed by atoms with E-state index in [1.165, 1.54) is 7.11 Å². The standard InChI is InChI=1S/C15H20N2O3/c1-20-15(19)13-5-3-2-4-11(13)10-16-9-8-14(18)17-12-6-7-12/h2-5,12,16H,6-10H2,1H3,(H,17,18). The lowest BCUT2D eigenvalue weighted by atomic mass is 10.1. The Morgan fingerprint density at radius 1 is 1.30 bits per heavy atom. The van der Waals surface area contributed by atoms with Gasteiger partial charge in [0.25, 0.3) is 0 Å². The van der Waals surface area contributed by atoms with Crippen LogP contribution < -0.4 is 10.6 Å². The predicted molar refractivity (Wildman–Crippen MR) is 75.3 cm³/mol. The molecule has 0 spiro atoms. The molecule has 2 N–H and O–H groups in total. The van der Waals surface area contributed by atoms with E-state index in [0.29, 0.717) is 31.1 Å². The molecule has 0 radical (unpaired) electrons. The molecule has 1 aromatic rings. The normalized spacial score (nSPS) is 13.8. The molecule has 1 amide bonds. The molecule has 0 bridgehead atoms. The molecule has 1 fully saturated rings. The maximum Gasteiger partial charge on any atom is 0.338 e. The molecule has 0 aromatic heterocycles. The van der Waals surface area contributed by atoms with Crippen LogP contribution in [0, 0.1) is 0 Å². The van der Waals surface area contributed by atoms with E-state index in [0.717, 1.165) is 18.4 Å². The Hall–Kier alpha value is -1.88. The smallest absolute Gasteiger partial charge is 0.338 e. The monoisotopic (exact) mass is 276 g/mol. The van der Waals surface area contributed by atoms with Crippen LogP contribution in [-0.2, 0) is 16.1 Å². The first-order chi connectivity index (χ1) is 9.70. The lowest BCUT2D eigenvalue weighted by Gasteiger charge is -2.09. The Morgan fingerprint density at radius 3 is 2.75 bits per heavy atom. The number of esters is 1. The van der Waals surface area contributed by atoms with Crippen molar-refractivity contribution in [1.29, 1.82) is 0 Å². The highest BCUT2D eigenvalue weighted by atomic mass is 16.5. The van der Waals surface area contributed by atoms with Gasteiger partial charge in [0.15, 0.2) is 0 Å². The highest BCUT2D eigenvalue weighted by Crippen LogP contribution is 2.18. The van der Waals surface area contributed by atoms with E-state index in [-0.39, 0.29) is 11.9 Å². The number of hydrogen-bond donors (Lipinski definition) is 2. The number of carbonyl (C=O) groups is 2. The van der Waals surface area contributed by atoms with Crippen LogP contribution in [0.15, 0.2) is 24.3 Å².